The molecule has 0 fully saturated rings. The van der Waals surface area contributed by atoms with Crippen molar-refractivity contribution < 1.29 is 0 Å². The summed E-state index contributed by atoms with van der Waals surface area (Å²) < 4.78 is 0. The van der Waals surface area contributed by atoms with Gasteiger partial charge in [0.1, 0.15) is 0 Å². The van der Waals surface area contributed by atoms with Crippen molar-refractivity contribution in [1.29, 1.82) is 0 Å². The van der Waals surface area contributed by atoms with Gasteiger partial charge in [-0.1, -0.05) is 199 Å². The Kier molecular flexibility index (Phi) is 9.14. The Balaban J connectivity index is 0.938. The van der Waals surface area contributed by atoms with Crippen LogP contribution in [0, 0.1) is 11.8 Å². The maximum absolute atomic E-state index is 5.04. The summed E-state index contributed by atoms with van der Waals surface area (Å²) in [6, 6.07) is 69.5. The molecule has 61 heavy (non-hydrogen) atoms. The normalized spacial score (nSPS) is 15.7. The lowest BCUT2D eigenvalue weighted by atomic mass is 9.88. The van der Waals surface area contributed by atoms with E-state index in [4.69, 9.17) is 9.97 Å². The first-order valence-corrected chi connectivity index (χ1v) is 21.0. The maximum Gasteiger partial charge on any atom is 0.160 e. The molecule has 286 valence electrons. The van der Waals surface area contributed by atoms with E-state index < -0.39 is 0 Å². The Labute approximate surface area is 356 Å². The van der Waals surface area contributed by atoms with E-state index in [1.165, 1.54) is 65.4 Å². The van der Waals surface area contributed by atoms with Crippen LogP contribution in [0.15, 0.2) is 212 Å². The molecule has 2 nitrogen and oxygen atoms in total. The molecule has 0 saturated heterocycles. The van der Waals surface area contributed by atoms with Crippen molar-refractivity contribution in [2.24, 2.45) is 0 Å². The molecule has 0 aliphatic heterocycles. The highest BCUT2D eigenvalue weighted by Crippen LogP contribution is 2.38. The number of aromatic nitrogens is 2. The van der Waals surface area contributed by atoms with Gasteiger partial charge in [-0.15, -0.1) is 0 Å². The second kappa shape index (κ2) is 15.4. The van der Waals surface area contributed by atoms with E-state index in [2.05, 4.69) is 189 Å². The molecule has 1 aromatic heterocycles. The quantitative estimate of drug-likeness (QED) is 0.124. The van der Waals surface area contributed by atoms with Crippen LogP contribution in [0.2, 0.25) is 0 Å². The number of hydrogen-bond acceptors (Lipinski definition) is 2. The van der Waals surface area contributed by atoms with Crippen LogP contribution in [-0.4, -0.2) is 9.97 Å². The van der Waals surface area contributed by atoms with Crippen molar-refractivity contribution in [3.05, 3.63) is 223 Å². The second-order valence-corrected chi connectivity index (χ2v) is 16.0. The molecule has 0 N–H and O–H groups in total. The van der Waals surface area contributed by atoms with Crippen LogP contribution in [0.5, 0.6) is 0 Å². The standard InChI is InChI=1S/C59H40N2/c1-39-13-12-18-45(34-49(33-39)48-31-32-55-53-21-9-8-19-51(53)52-20-10-11-22-54(52)56(55)37-48)47-30-26-41-25-29-46(35-50(41)36-47)40-23-27-44(28-24-40)59-60-57(42-14-4-2-5-15-42)38-58(61-59)43-16-6-3-7-17-43/h2-11,14-17,19-38,45H,13H2,1H3/b39-33-,49-34+. The molecule has 0 bridgehead atoms. The Morgan fingerprint density at radius 2 is 0.967 bits per heavy atom. The summed E-state index contributed by atoms with van der Waals surface area (Å²) >= 11 is 0. The van der Waals surface area contributed by atoms with Gasteiger partial charge in [-0.2, -0.15) is 0 Å². The van der Waals surface area contributed by atoms with E-state index in [0.717, 1.165) is 45.6 Å². The molecule has 0 amide bonds. The molecule has 11 rings (SSSR count). The lowest BCUT2D eigenvalue weighted by Crippen LogP contribution is -1.97. The summed E-state index contributed by atoms with van der Waals surface area (Å²) in [4.78, 5) is 10.1. The second-order valence-electron chi connectivity index (χ2n) is 16.0. The third-order valence-corrected chi connectivity index (χ3v) is 12.0. The summed E-state index contributed by atoms with van der Waals surface area (Å²) in [5.41, 5.74) is 12.1. The fraction of sp³-hybridized carbons (Fsp3) is 0.0508. The highest BCUT2D eigenvalue weighted by molar-refractivity contribution is 6.25. The molecule has 0 saturated carbocycles. The molecular formula is C59H40N2. The average Bonchev–Trinajstić information content (AvgIpc) is 3.32. The molecule has 1 aliphatic rings. The number of fused-ring (bicyclic) bond motifs is 7. The van der Waals surface area contributed by atoms with E-state index >= 15 is 0 Å². The third-order valence-electron chi connectivity index (χ3n) is 12.0. The van der Waals surface area contributed by atoms with E-state index in [0.29, 0.717) is 5.82 Å². The highest BCUT2D eigenvalue weighted by Gasteiger charge is 2.15. The highest BCUT2D eigenvalue weighted by atomic mass is 14.9. The maximum atomic E-state index is 5.04. The Morgan fingerprint density at radius 3 is 1.62 bits per heavy atom. The monoisotopic (exact) mass is 776 g/mol. The number of benzene rings is 9. The first-order chi connectivity index (χ1) is 30.1. The Morgan fingerprint density at radius 1 is 0.426 bits per heavy atom. The zero-order valence-electron chi connectivity index (χ0n) is 33.8. The molecular weight excluding hydrogens is 737 g/mol. The van der Waals surface area contributed by atoms with Gasteiger partial charge in [0, 0.05) is 23.1 Å². The van der Waals surface area contributed by atoms with Crippen LogP contribution in [0.3, 0.4) is 0 Å². The largest absolute Gasteiger partial charge is 0.228 e. The van der Waals surface area contributed by atoms with Crippen molar-refractivity contribution in [3.8, 4) is 56.9 Å². The minimum Gasteiger partial charge on any atom is -0.228 e. The van der Waals surface area contributed by atoms with Crippen molar-refractivity contribution >= 4 is 48.7 Å². The van der Waals surface area contributed by atoms with Crippen LogP contribution < -0.4 is 0 Å². The molecule has 10 aromatic rings. The van der Waals surface area contributed by atoms with Gasteiger partial charge in [-0.3, -0.25) is 0 Å². The SMILES string of the molecule is C/C1=C/C(c2ccc3c4ccccc4c4ccccc4c3c2)=C\C(c2ccc3ccc(-c4ccc(-c5nc(-c6ccccc6)cc(-c6ccccc6)n5)cc4)cc3c2)C#CC1. The molecule has 2 heteroatoms. The third kappa shape index (κ3) is 6.97. The number of rotatable bonds is 6. The zero-order valence-corrected chi connectivity index (χ0v) is 33.8. The predicted octanol–water partition coefficient (Wildman–Crippen LogP) is 15.3. The van der Waals surface area contributed by atoms with Crippen molar-refractivity contribution in [3.63, 3.8) is 0 Å². The summed E-state index contributed by atoms with van der Waals surface area (Å²) in [5.74, 6) is 7.78. The van der Waals surface area contributed by atoms with Crippen LogP contribution in [0.4, 0.5) is 0 Å². The lowest BCUT2D eigenvalue weighted by molar-refractivity contribution is 1.12. The van der Waals surface area contributed by atoms with E-state index in [1.807, 2.05) is 36.4 Å². The van der Waals surface area contributed by atoms with Gasteiger partial charge in [0.15, 0.2) is 5.82 Å². The average molecular weight is 777 g/mol. The number of hydrogen-bond donors (Lipinski definition) is 0. The molecule has 0 radical (unpaired) electrons. The fourth-order valence-electron chi connectivity index (χ4n) is 8.87. The fourth-order valence-corrected chi connectivity index (χ4v) is 8.87. The van der Waals surface area contributed by atoms with Crippen molar-refractivity contribution in [1.82, 2.24) is 9.97 Å². The van der Waals surface area contributed by atoms with Gasteiger partial charge in [-0.25, -0.2) is 9.97 Å². The molecule has 9 aromatic carbocycles. The minimum atomic E-state index is -0.0526. The van der Waals surface area contributed by atoms with Crippen LogP contribution in [-0.2, 0) is 0 Å². The Bertz CT molecular complexity index is 3350. The van der Waals surface area contributed by atoms with Crippen molar-refractivity contribution in [2.45, 2.75) is 19.3 Å². The van der Waals surface area contributed by atoms with Gasteiger partial charge < -0.3 is 0 Å². The smallest absolute Gasteiger partial charge is 0.160 e. The molecule has 0 spiro atoms. The zero-order chi connectivity index (χ0) is 40.7. The summed E-state index contributed by atoms with van der Waals surface area (Å²) in [7, 11) is 0. The van der Waals surface area contributed by atoms with Crippen molar-refractivity contribution in [2.75, 3.05) is 0 Å². The summed E-state index contributed by atoms with van der Waals surface area (Å²) in [6.07, 6.45) is 5.44. The number of nitrogens with zero attached hydrogens (tertiary/aromatic N) is 2. The van der Waals surface area contributed by atoms with E-state index in [9.17, 15) is 0 Å². The van der Waals surface area contributed by atoms with Gasteiger partial charge in [0.25, 0.3) is 0 Å². The van der Waals surface area contributed by atoms with Gasteiger partial charge in [0.2, 0.25) is 0 Å². The first-order valence-electron chi connectivity index (χ1n) is 21.0. The minimum absolute atomic E-state index is 0.0526. The van der Waals surface area contributed by atoms with E-state index in [1.54, 1.807) is 0 Å². The molecule has 1 atom stereocenters. The lowest BCUT2D eigenvalue weighted by Gasteiger charge is -2.16. The Hall–Kier alpha value is -7.86. The van der Waals surface area contributed by atoms with Crippen LogP contribution in [0.25, 0.3) is 93.7 Å². The van der Waals surface area contributed by atoms with Crippen LogP contribution in [0.1, 0.15) is 30.4 Å². The van der Waals surface area contributed by atoms with Gasteiger partial charge in [-0.05, 0) is 102 Å². The predicted molar refractivity (Wildman–Crippen MR) is 257 cm³/mol. The summed E-state index contributed by atoms with van der Waals surface area (Å²) in [6.45, 7) is 2.19. The molecule has 1 unspecified atom stereocenters. The van der Waals surface area contributed by atoms with E-state index in [-0.39, 0.29) is 5.92 Å². The topological polar surface area (TPSA) is 25.8 Å². The summed E-state index contributed by atoms with van der Waals surface area (Å²) in [5, 5.41) is 10.1. The van der Waals surface area contributed by atoms with Crippen LogP contribution >= 0.6 is 0 Å². The van der Waals surface area contributed by atoms with Gasteiger partial charge >= 0.3 is 0 Å². The molecule has 1 heterocycles. The first kappa shape index (κ1) is 36.2. The molecule has 1 aliphatic carbocycles. The number of allylic oxidation sites excluding steroid dienone is 4. The van der Waals surface area contributed by atoms with Gasteiger partial charge in [0.05, 0.1) is 17.3 Å².